The minimum Gasteiger partial charge on any atom is -0.395 e. The lowest BCUT2D eigenvalue weighted by Crippen LogP contribution is -2.49. The van der Waals surface area contributed by atoms with Crippen LogP contribution in [0.15, 0.2) is 42.5 Å². The number of piperazine rings is 1. The topological polar surface area (TPSA) is 126 Å². The number of nitrogens with zero attached hydrogens (tertiary/aromatic N) is 4. The number of rotatable bonds is 7. The number of hydrogen-bond donors (Lipinski definition) is 4. The Hall–Kier alpha value is -3.03. The Labute approximate surface area is 251 Å². The van der Waals surface area contributed by atoms with E-state index in [9.17, 15) is 9.59 Å². The Balaban J connectivity index is 0.00000194. The number of benzene rings is 2. The van der Waals surface area contributed by atoms with Crippen LogP contribution in [-0.4, -0.2) is 108 Å². The molecule has 3 aliphatic rings. The second kappa shape index (κ2) is 13.8. The van der Waals surface area contributed by atoms with Gasteiger partial charge in [0.1, 0.15) is 5.69 Å². The van der Waals surface area contributed by atoms with Gasteiger partial charge in [0.2, 0.25) is 0 Å². The summed E-state index contributed by atoms with van der Waals surface area (Å²) in [6.45, 7) is 8.02. The van der Waals surface area contributed by atoms with Crippen molar-refractivity contribution in [1.29, 1.82) is 0 Å². The van der Waals surface area contributed by atoms with Crippen molar-refractivity contribution >= 4 is 42.3 Å². The predicted octanol–water partition coefficient (Wildman–Crippen LogP) is 2.61. The van der Waals surface area contributed by atoms with E-state index in [4.69, 9.17) is 9.84 Å². The van der Waals surface area contributed by atoms with Crippen LogP contribution in [0, 0.1) is 0 Å². The van der Waals surface area contributed by atoms with Crippen LogP contribution in [0.4, 0.5) is 10.5 Å². The van der Waals surface area contributed by atoms with E-state index in [2.05, 4.69) is 42.9 Å². The van der Waals surface area contributed by atoms with Crippen LogP contribution in [0.2, 0.25) is 0 Å². The molecule has 4 N–H and O–H groups in total. The van der Waals surface area contributed by atoms with Gasteiger partial charge in [-0.25, -0.2) is 9.80 Å². The van der Waals surface area contributed by atoms with Crippen molar-refractivity contribution in [3.8, 4) is 22.5 Å². The Kier molecular flexibility index (Phi) is 10.4. The smallest absolute Gasteiger partial charge is 0.333 e. The van der Waals surface area contributed by atoms with Gasteiger partial charge in [0.15, 0.2) is 5.78 Å². The molecule has 2 fully saturated rings. The normalized spacial score (nSPS) is 17.2. The quantitative estimate of drug-likeness (QED) is 0.254. The van der Waals surface area contributed by atoms with Gasteiger partial charge in [0.05, 0.1) is 42.3 Å². The Morgan fingerprint density at radius 1 is 0.951 bits per heavy atom. The van der Waals surface area contributed by atoms with Crippen LogP contribution in [0.3, 0.4) is 0 Å². The lowest BCUT2D eigenvalue weighted by molar-refractivity contribution is 0.0207. The van der Waals surface area contributed by atoms with Crippen LogP contribution < -0.4 is 10.7 Å². The van der Waals surface area contributed by atoms with Gasteiger partial charge < -0.3 is 15.2 Å². The number of aromatic amines is 1. The van der Waals surface area contributed by atoms with Gasteiger partial charge in [-0.05, 0) is 11.6 Å². The summed E-state index contributed by atoms with van der Waals surface area (Å²) in [7, 11) is 0. The summed E-state index contributed by atoms with van der Waals surface area (Å²) in [5.74, 6) is -0.157. The zero-order valence-corrected chi connectivity index (χ0v) is 24.2. The Morgan fingerprint density at radius 3 is 2.37 bits per heavy atom. The first kappa shape index (κ1) is 30.9. The molecule has 1 aliphatic carbocycles. The number of carbonyl (C=O) groups excluding carboxylic acids is 2. The number of aliphatic hydroxyl groups excluding tert-OH is 1. The number of ketones is 1. The average Bonchev–Trinajstić information content (AvgIpc) is 3.51. The molecule has 41 heavy (non-hydrogen) atoms. The molecule has 3 aromatic rings. The van der Waals surface area contributed by atoms with E-state index in [1.54, 1.807) is 11.1 Å². The Morgan fingerprint density at radius 2 is 1.66 bits per heavy atom. The molecule has 0 bridgehead atoms. The maximum absolute atomic E-state index is 13.7. The third kappa shape index (κ3) is 6.57. The number of morpholine rings is 1. The number of amides is 2. The van der Waals surface area contributed by atoms with E-state index in [1.807, 2.05) is 24.3 Å². The van der Waals surface area contributed by atoms with Crippen LogP contribution in [-0.2, 0) is 11.3 Å². The number of halogens is 2. The minimum absolute atomic E-state index is 0. The summed E-state index contributed by atoms with van der Waals surface area (Å²) >= 11 is 0. The van der Waals surface area contributed by atoms with E-state index in [0.29, 0.717) is 54.5 Å². The first-order chi connectivity index (χ1) is 19.1. The summed E-state index contributed by atoms with van der Waals surface area (Å²) in [5, 5.41) is 21.4. The lowest BCUT2D eigenvalue weighted by atomic mass is 10.0. The first-order valence-electron chi connectivity index (χ1n) is 13.4. The summed E-state index contributed by atoms with van der Waals surface area (Å²) in [4.78, 5) is 31.0. The third-order valence-corrected chi connectivity index (χ3v) is 7.59. The lowest BCUT2D eigenvalue weighted by Gasteiger charge is -2.34. The number of ether oxygens (including phenoxy) is 1. The van der Waals surface area contributed by atoms with Crippen molar-refractivity contribution in [1.82, 2.24) is 30.4 Å². The zero-order valence-electron chi connectivity index (χ0n) is 22.6. The number of hydrogen-bond acceptors (Lipinski definition) is 8. The second-order valence-electron chi connectivity index (χ2n) is 10.1. The maximum Gasteiger partial charge on any atom is 0.333 e. The molecule has 0 atom stereocenters. The maximum atomic E-state index is 13.7. The second-order valence-corrected chi connectivity index (χ2v) is 10.1. The van der Waals surface area contributed by atoms with Gasteiger partial charge in [0.25, 0.3) is 0 Å². The van der Waals surface area contributed by atoms with E-state index in [0.717, 1.165) is 50.4 Å². The number of anilines is 1. The summed E-state index contributed by atoms with van der Waals surface area (Å²) in [5.41, 5.74) is 8.37. The molecule has 2 aromatic carbocycles. The molecule has 2 amide bonds. The number of H-pyrrole nitrogens is 1. The number of aromatic nitrogens is 2. The largest absolute Gasteiger partial charge is 0.395 e. The number of fused-ring (bicyclic) bond motifs is 3. The van der Waals surface area contributed by atoms with Crippen molar-refractivity contribution in [2.75, 3.05) is 71.0 Å². The van der Waals surface area contributed by atoms with Crippen LogP contribution in [0.1, 0.15) is 21.5 Å². The van der Waals surface area contributed by atoms with Gasteiger partial charge in [-0.3, -0.25) is 25.1 Å². The fraction of sp³-hybridized carbons (Fsp3) is 0.393. The van der Waals surface area contributed by atoms with Crippen molar-refractivity contribution in [2.45, 2.75) is 6.54 Å². The van der Waals surface area contributed by atoms with Gasteiger partial charge in [-0.15, -0.1) is 24.8 Å². The van der Waals surface area contributed by atoms with Crippen molar-refractivity contribution in [2.24, 2.45) is 0 Å². The SMILES string of the molecule is Cl.Cl.O=C(Nc1cccc2c1C(=O)c1c(-c3ccc(CN4CCN(CCO)CC4)cc3)n[nH]c1-2)NN1CCOCC1. The highest BCUT2D eigenvalue weighted by molar-refractivity contribution is 6.26. The molecule has 0 unspecified atom stereocenters. The standard InChI is InChI=1S/C28H33N7O4.2ClH/c36-15-12-33-8-10-34(11-9-33)18-19-4-6-20(7-5-19)25-24-26(31-30-25)21-2-1-3-22(23(21)27(24)37)29-28(38)32-35-13-16-39-17-14-35;;/h1-7,36H,8-18H2,(H,30,31)(H2,29,32,38);2*1H. The highest BCUT2D eigenvalue weighted by Gasteiger charge is 2.35. The number of aliphatic hydroxyl groups is 1. The molecule has 2 saturated heterocycles. The first-order valence-corrected chi connectivity index (χ1v) is 13.4. The van der Waals surface area contributed by atoms with Gasteiger partial charge in [-0.1, -0.05) is 36.4 Å². The molecular formula is C28H35Cl2N7O4. The molecule has 0 spiro atoms. The summed E-state index contributed by atoms with van der Waals surface area (Å²) in [6, 6.07) is 13.3. The third-order valence-electron chi connectivity index (χ3n) is 7.59. The van der Waals surface area contributed by atoms with Gasteiger partial charge in [-0.2, -0.15) is 5.10 Å². The summed E-state index contributed by atoms with van der Waals surface area (Å²) < 4.78 is 5.32. The molecule has 11 nitrogen and oxygen atoms in total. The van der Waals surface area contributed by atoms with Crippen LogP contribution in [0.25, 0.3) is 22.5 Å². The fourth-order valence-electron chi connectivity index (χ4n) is 5.51. The Bertz CT molecular complexity index is 1350. The molecule has 220 valence electrons. The molecule has 2 aliphatic heterocycles. The molecule has 0 saturated carbocycles. The molecular weight excluding hydrogens is 569 g/mol. The van der Waals surface area contributed by atoms with Crippen LogP contribution in [0.5, 0.6) is 0 Å². The van der Waals surface area contributed by atoms with Crippen molar-refractivity contribution in [3.05, 3.63) is 59.2 Å². The van der Waals surface area contributed by atoms with E-state index in [1.165, 1.54) is 5.56 Å². The van der Waals surface area contributed by atoms with Crippen molar-refractivity contribution < 1.29 is 19.4 Å². The number of hydrazine groups is 1. The monoisotopic (exact) mass is 603 g/mol. The van der Waals surface area contributed by atoms with Gasteiger partial charge in [0, 0.05) is 63.5 Å². The minimum atomic E-state index is -0.391. The molecule has 6 rings (SSSR count). The average molecular weight is 605 g/mol. The molecule has 3 heterocycles. The van der Waals surface area contributed by atoms with E-state index < -0.39 is 6.03 Å². The van der Waals surface area contributed by atoms with E-state index >= 15 is 0 Å². The number of urea groups is 1. The zero-order chi connectivity index (χ0) is 26.8. The van der Waals surface area contributed by atoms with Crippen molar-refractivity contribution in [3.63, 3.8) is 0 Å². The summed E-state index contributed by atoms with van der Waals surface area (Å²) in [6.07, 6.45) is 0. The number of carbonyl (C=O) groups is 2. The predicted molar refractivity (Wildman–Crippen MR) is 161 cm³/mol. The molecule has 0 radical (unpaired) electrons. The number of β-amino-alcohol motifs (C(OH)–C–C–N with tert-alkyl or cyclic N) is 1. The molecule has 1 aromatic heterocycles. The van der Waals surface area contributed by atoms with Crippen LogP contribution >= 0.6 is 24.8 Å². The van der Waals surface area contributed by atoms with E-state index in [-0.39, 0.29) is 37.2 Å². The highest BCUT2D eigenvalue weighted by Crippen LogP contribution is 2.42. The number of nitrogens with one attached hydrogen (secondary N) is 3. The highest BCUT2D eigenvalue weighted by atomic mass is 35.5. The fourth-order valence-corrected chi connectivity index (χ4v) is 5.51. The molecule has 13 heteroatoms. The van der Waals surface area contributed by atoms with Gasteiger partial charge >= 0.3 is 6.03 Å².